The number of para-hydroxylation sites is 1. The van der Waals surface area contributed by atoms with E-state index in [1.807, 2.05) is 24.3 Å². The lowest BCUT2D eigenvalue weighted by Gasteiger charge is -2.13. The highest BCUT2D eigenvalue weighted by Gasteiger charge is 2.10. The van der Waals surface area contributed by atoms with Gasteiger partial charge in [-0.2, -0.15) is 5.10 Å². The number of hydrazone groups is 1. The second-order valence-corrected chi connectivity index (χ2v) is 6.46. The van der Waals surface area contributed by atoms with E-state index in [2.05, 4.69) is 24.4 Å². The van der Waals surface area contributed by atoms with Gasteiger partial charge in [0.1, 0.15) is 5.75 Å². The van der Waals surface area contributed by atoms with Crippen LogP contribution in [0.1, 0.15) is 70.3 Å². The van der Waals surface area contributed by atoms with Crippen molar-refractivity contribution < 1.29 is 9.53 Å². The lowest BCUT2D eigenvalue weighted by Crippen LogP contribution is -2.26. The van der Waals surface area contributed by atoms with Crippen LogP contribution in [-0.2, 0) is 4.79 Å². The van der Waals surface area contributed by atoms with E-state index >= 15 is 0 Å². The topological polar surface area (TPSA) is 50.7 Å². The third-order valence-corrected chi connectivity index (χ3v) is 4.17. The quantitative estimate of drug-likeness (QED) is 0.818. The summed E-state index contributed by atoms with van der Waals surface area (Å²) in [6, 6.07) is 7.85. The van der Waals surface area contributed by atoms with Crippen molar-refractivity contribution >= 4 is 11.6 Å². The van der Waals surface area contributed by atoms with E-state index < -0.39 is 0 Å². The van der Waals surface area contributed by atoms with Crippen molar-refractivity contribution in [1.29, 1.82) is 0 Å². The molecule has 1 fully saturated rings. The number of nitrogens with zero attached hydrogens (tertiary/aromatic N) is 1. The molecule has 126 valence electrons. The molecule has 0 heterocycles. The Hall–Kier alpha value is -1.84. The second kappa shape index (κ2) is 9.33. The van der Waals surface area contributed by atoms with Crippen LogP contribution >= 0.6 is 0 Å². The summed E-state index contributed by atoms with van der Waals surface area (Å²) in [4.78, 5) is 12.0. The summed E-state index contributed by atoms with van der Waals surface area (Å²) in [5.41, 5.74) is 4.87. The predicted octanol–water partition coefficient (Wildman–Crippen LogP) is 4.41. The molecule has 0 aromatic heterocycles. The molecular formula is C19H28N2O2. The molecule has 4 nitrogen and oxygen atoms in total. The SMILES string of the molecule is CC(C)c1ccccc1OCC(=O)NN=C1CCCCCCC1. The third-order valence-electron chi connectivity index (χ3n) is 4.17. The van der Waals surface area contributed by atoms with E-state index in [0.717, 1.165) is 29.9 Å². The summed E-state index contributed by atoms with van der Waals surface area (Å²) in [5, 5.41) is 4.29. The van der Waals surface area contributed by atoms with Gasteiger partial charge in [-0.15, -0.1) is 0 Å². The van der Waals surface area contributed by atoms with E-state index in [1.165, 1.54) is 32.1 Å². The molecule has 0 saturated heterocycles. The molecule has 1 aliphatic carbocycles. The van der Waals surface area contributed by atoms with Gasteiger partial charge in [-0.3, -0.25) is 4.79 Å². The number of amides is 1. The maximum absolute atomic E-state index is 12.0. The van der Waals surface area contributed by atoms with Crippen LogP contribution in [0.3, 0.4) is 0 Å². The maximum Gasteiger partial charge on any atom is 0.277 e. The molecule has 0 atom stereocenters. The first-order valence-corrected chi connectivity index (χ1v) is 8.73. The van der Waals surface area contributed by atoms with E-state index in [0.29, 0.717) is 5.92 Å². The van der Waals surface area contributed by atoms with Crippen LogP contribution in [0.15, 0.2) is 29.4 Å². The fourth-order valence-corrected chi connectivity index (χ4v) is 2.83. The molecule has 0 radical (unpaired) electrons. The van der Waals surface area contributed by atoms with E-state index in [4.69, 9.17) is 4.74 Å². The summed E-state index contributed by atoms with van der Waals surface area (Å²) < 4.78 is 5.66. The van der Waals surface area contributed by atoms with Gasteiger partial charge in [0.25, 0.3) is 5.91 Å². The van der Waals surface area contributed by atoms with Gasteiger partial charge in [-0.1, -0.05) is 51.3 Å². The molecule has 0 unspecified atom stereocenters. The third kappa shape index (κ3) is 6.05. The average Bonchev–Trinajstić information content (AvgIpc) is 2.52. The van der Waals surface area contributed by atoms with Crippen LogP contribution in [0.2, 0.25) is 0 Å². The van der Waals surface area contributed by atoms with Crippen molar-refractivity contribution in [2.24, 2.45) is 5.10 Å². The van der Waals surface area contributed by atoms with Gasteiger partial charge in [0.15, 0.2) is 6.61 Å². The lowest BCUT2D eigenvalue weighted by atomic mass is 9.99. The van der Waals surface area contributed by atoms with Crippen LogP contribution in [0.5, 0.6) is 5.75 Å². The smallest absolute Gasteiger partial charge is 0.277 e. The first-order chi connectivity index (χ1) is 11.2. The Balaban J connectivity index is 1.83. The van der Waals surface area contributed by atoms with Crippen molar-refractivity contribution in [1.82, 2.24) is 5.43 Å². The zero-order chi connectivity index (χ0) is 16.5. The number of hydrogen-bond donors (Lipinski definition) is 1. The summed E-state index contributed by atoms with van der Waals surface area (Å²) in [5.74, 6) is 0.943. The summed E-state index contributed by atoms with van der Waals surface area (Å²) in [7, 11) is 0. The van der Waals surface area contributed by atoms with Crippen molar-refractivity contribution in [3.8, 4) is 5.75 Å². The molecule has 1 amide bonds. The van der Waals surface area contributed by atoms with Crippen LogP contribution in [0.4, 0.5) is 0 Å². The van der Waals surface area contributed by atoms with E-state index in [9.17, 15) is 4.79 Å². The molecular weight excluding hydrogens is 288 g/mol. The van der Waals surface area contributed by atoms with Gasteiger partial charge in [-0.25, -0.2) is 5.43 Å². The van der Waals surface area contributed by atoms with Gasteiger partial charge < -0.3 is 4.74 Å². The molecule has 0 spiro atoms. The zero-order valence-corrected chi connectivity index (χ0v) is 14.3. The van der Waals surface area contributed by atoms with E-state index in [1.54, 1.807) is 0 Å². The molecule has 1 aromatic carbocycles. The van der Waals surface area contributed by atoms with Crippen LogP contribution in [0, 0.1) is 0 Å². The fraction of sp³-hybridized carbons (Fsp3) is 0.579. The maximum atomic E-state index is 12.0. The first-order valence-electron chi connectivity index (χ1n) is 8.73. The molecule has 4 heteroatoms. The Morgan fingerprint density at radius 3 is 2.48 bits per heavy atom. The van der Waals surface area contributed by atoms with Crippen LogP contribution in [-0.4, -0.2) is 18.2 Å². The number of ether oxygens (including phenoxy) is 1. The van der Waals surface area contributed by atoms with Crippen molar-refractivity contribution in [3.05, 3.63) is 29.8 Å². The van der Waals surface area contributed by atoms with Gasteiger partial charge in [0.05, 0.1) is 0 Å². The van der Waals surface area contributed by atoms with Crippen molar-refractivity contribution in [2.75, 3.05) is 6.61 Å². The number of nitrogens with one attached hydrogen (secondary N) is 1. The van der Waals surface area contributed by atoms with Gasteiger partial charge in [-0.05, 0) is 43.2 Å². The van der Waals surface area contributed by atoms with Gasteiger partial charge >= 0.3 is 0 Å². The summed E-state index contributed by atoms with van der Waals surface area (Å²) in [6.45, 7) is 4.23. The van der Waals surface area contributed by atoms with E-state index in [-0.39, 0.29) is 12.5 Å². The standard InChI is InChI=1S/C19H28N2O2/c1-15(2)17-12-8-9-13-18(17)23-14-19(22)21-20-16-10-6-4-3-5-7-11-16/h8-9,12-13,15H,3-7,10-11,14H2,1-2H3,(H,21,22). The number of rotatable bonds is 5. The molecule has 0 bridgehead atoms. The minimum absolute atomic E-state index is 0.000509. The van der Waals surface area contributed by atoms with Crippen molar-refractivity contribution in [2.45, 2.75) is 64.7 Å². The number of carbonyl (C=O) groups is 1. The molecule has 0 aliphatic heterocycles. The number of carbonyl (C=O) groups excluding carboxylic acids is 1. The van der Waals surface area contributed by atoms with Gasteiger partial charge in [0, 0.05) is 5.71 Å². The molecule has 23 heavy (non-hydrogen) atoms. The zero-order valence-electron chi connectivity index (χ0n) is 14.3. The van der Waals surface area contributed by atoms with Crippen LogP contribution < -0.4 is 10.2 Å². The Kier molecular flexibility index (Phi) is 7.11. The fourth-order valence-electron chi connectivity index (χ4n) is 2.83. The number of hydrogen-bond acceptors (Lipinski definition) is 3. The minimum atomic E-state index is -0.196. The lowest BCUT2D eigenvalue weighted by molar-refractivity contribution is -0.123. The summed E-state index contributed by atoms with van der Waals surface area (Å²) >= 11 is 0. The molecule has 1 N–H and O–H groups in total. The highest BCUT2D eigenvalue weighted by molar-refractivity contribution is 5.86. The Labute approximate surface area is 139 Å². The highest BCUT2D eigenvalue weighted by atomic mass is 16.5. The second-order valence-electron chi connectivity index (χ2n) is 6.46. The molecule has 1 aliphatic rings. The predicted molar refractivity (Wildman–Crippen MR) is 93.9 cm³/mol. The summed E-state index contributed by atoms with van der Waals surface area (Å²) in [6.07, 6.45) is 8.20. The van der Waals surface area contributed by atoms with Crippen LogP contribution in [0.25, 0.3) is 0 Å². The van der Waals surface area contributed by atoms with Gasteiger partial charge in [0.2, 0.25) is 0 Å². The Morgan fingerprint density at radius 2 is 1.78 bits per heavy atom. The number of benzene rings is 1. The first kappa shape index (κ1) is 17.5. The minimum Gasteiger partial charge on any atom is -0.483 e. The molecule has 1 saturated carbocycles. The normalized spacial score (nSPS) is 15.7. The Bertz CT molecular complexity index is 528. The average molecular weight is 316 g/mol. The Morgan fingerprint density at radius 1 is 1.13 bits per heavy atom. The molecule has 2 rings (SSSR count). The van der Waals surface area contributed by atoms with Crippen molar-refractivity contribution in [3.63, 3.8) is 0 Å². The largest absolute Gasteiger partial charge is 0.483 e. The monoisotopic (exact) mass is 316 g/mol. The molecule has 1 aromatic rings. The highest BCUT2D eigenvalue weighted by Crippen LogP contribution is 2.25.